The van der Waals surface area contributed by atoms with Gasteiger partial charge in [0.25, 0.3) is 5.91 Å². The van der Waals surface area contributed by atoms with Crippen LogP contribution in [0.1, 0.15) is 84.0 Å². The predicted octanol–water partition coefficient (Wildman–Crippen LogP) is 5.57. The zero-order chi connectivity index (χ0) is 22.6. The number of nitrogens with one attached hydrogen (secondary N) is 1. The third-order valence-corrected chi connectivity index (χ3v) is 8.39. The molecule has 1 aliphatic heterocycles. The van der Waals surface area contributed by atoms with Gasteiger partial charge in [0, 0.05) is 18.8 Å². The molecule has 1 unspecified atom stereocenters. The fourth-order valence-electron chi connectivity index (χ4n) is 6.44. The predicted molar refractivity (Wildman–Crippen MR) is 133 cm³/mol. The number of rotatable bonds is 8. The standard InChI is InChI=1S/C27H42N4O/c1-20(29-24-14-7-4-8-15-24)23-13-9-12-22(18-23)19-27(25(32)31(2)26(28)30-27)17-16-21-10-5-3-6-11-21/h4,7-8,14-15,20-23,29H,3,5-6,9-13,16-19H2,1-2H3,(H2,28,30)/t20-,22+,23?,27+/m0/s1. The Hall–Kier alpha value is -2.04. The number of anilines is 1. The number of likely N-dealkylation sites (N-methyl/N-ethyl adjacent to an activating group) is 1. The Balaban J connectivity index is 1.41. The Morgan fingerprint density at radius 1 is 1.09 bits per heavy atom. The van der Waals surface area contributed by atoms with E-state index in [2.05, 4.69) is 42.6 Å². The monoisotopic (exact) mass is 438 g/mol. The number of amides is 1. The summed E-state index contributed by atoms with van der Waals surface area (Å²) in [5.41, 5.74) is 6.73. The van der Waals surface area contributed by atoms with Gasteiger partial charge in [0.2, 0.25) is 0 Å². The van der Waals surface area contributed by atoms with Gasteiger partial charge in [0.05, 0.1) is 0 Å². The topological polar surface area (TPSA) is 70.7 Å². The average molecular weight is 439 g/mol. The number of aliphatic imine (C=N–C) groups is 1. The van der Waals surface area contributed by atoms with E-state index in [9.17, 15) is 4.79 Å². The van der Waals surface area contributed by atoms with Crippen LogP contribution in [0.4, 0.5) is 5.69 Å². The highest BCUT2D eigenvalue weighted by Gasteiger charge is 2.48. The highest BCUT2D eigenvalue weighted by atomic mass is 16.2. The smallest absolute Gasteiger partial charge is 0.257 e. The van der Waals surface area contributed by atoms with Crippen LogP contribution >= 0.6 is 0 Å². The Bertz CT molecular complexity index is 788. The SMILES string of the molecule is C[C@H](Nc1ccccc1)C1CCC[C@@H](C[C@@]2(CCC3CCCCC3)N=C(N)N(C)C2=O)C1. The lowest BCUT2D eigenvalue weighted by molar-refractivity contribution is -0.131. The van der Waals surface area contributed by atoms with Crippen LogP contribution in [-0.4, -0.2) is 35.4 Å². The van der Waals surface area contributed by atoms with E-state index < -0.39 is 5.54 Å². The zero-order valence-electron chi connectivity index (χ0n) is 20.1. The molecule has 3 aliphatic rings. The third-order valence-electron chi connectivity index (χ3n) is 8.39. The number of nitrogens with zero attached hydrogens (tertiary/aromatic N) is 2. The number of benzene rings is 1. The van der Waals surface area contributed by atoms with E-state index in [1.54, 1.807) is 11.9 Å². The van der Waals surface area contributed by atoms with Crippen molar-refractivity contribution < 1.29 is 4.79 Å². The van der Waals surface area contributed by atoms with Crippen molar-refractivity contribution in [1.29, 1.82) is 0 Å². The van der Waals surface area contributed by atoms with Crippen LogP contribution in [0.3, 0.4) is 0 Å². The molecule has 0 aromatic heterocycles. The van der Waals surface area contributed by atoms with Crippen LogP contribution in [-0.2, 0) is 4.79 Å². The molecule has 1 aromatic carbocycles. The van der Waals surface area contributed by atoms with Gasteiger partial charge in [-0.1, -0.05) is 63.1 Å². The van der Waals surface area contributed by atoms with Crippen molar-refractivity contribution in [1.82, 2.24) is 4.90 Å². The largest absolute Gasteiger partial charge is 0.382 e. The van der Waals surface area contributed by atoms with E-state index >= 15 is 0 Å². The van der Waals surface area contributed by atoms with Gasteiger partial charge in [-0.15, -0.1) is 0 Å². The van der Waals surface area contributed by atoms with Crippen molar-refractivity contribution in [2.75, 3.05) is 12.4 Å². The van der Waals surface area contributed by atoms with E-state index in [4.69, 9.17) is 10.7 Å². The summed E-state index contributed by atoms with van der Waals surface area (Å²) in [7, 11) is 1.79. The van der Waals surface area contributed by atoms with Gasteiger partial charge in [-0.2, -0.15) is 0 Å². The van der Waals surface area contributed by atoms with Crippen molar-refractivity contribution in [2.24, 2.45) is 28.5 Å². The van der Waals surface area contributed by atoms with Crippen LogP contribution in [0, 0.1) is 17.8 Å². The van der Waals surface area contributed by atoms with E-state index in [-0.39, 0.29) is 5.91 Å². The molecular formula is C27H42N4O. The van der Waals surface area contributed by atoms with Crippen LogP contribution in [0.5, 0.6) is 0 Å². The summed E-state index contributed by atoms with van der Waals surface area (Å²) in [6.07, 6.45) is 14.4. The number of guanidine groups is 1. The second-order valence-electron chi connectivity index (χ2n) is 10.7. The molecule has 32 heavy (non-hydrogen) atoms. The summed E-state index contributed by atoms with van der Waals surface area (Å²) in [6.45, 7) is 2.31. The third kappa shape index (κ3) is 5.29. The first-order valence-electron chi connectivity index (χ1n) is 12.9. The molecule has 4 atom stereocenters. The Morgan fingerprint density at radius 3 is 2.50 bits per heavy atom. The minimum absolute atomic E-state index is 0.128. The van der Waals surface area contributed by atoms with Crippen LogP contribution in [0.25, 0.3) is 0 Å². The molecule has 2 fully saturated rings. The van der Waals surface area contributed by atoms with E-state index in [0.29, 0.717) is 23.8 Å². The molecule has 0 spiro atoms. The van der Waals surface area contributed by atoms with Crippen molar-refractivity contribution >= 4 is 17.6 Å². The first-order chi connectivity index (χ1) is 15.5. The van der Waals surface area contributed by atoms with E-state index in [1.165, 1.54) is 63.5 Å². The Kier molecular flexibility index (Phi) is 7.42. The molecule has 2 saturated carbocycles. The second kappa shape index (κ2) is 10.3. The molecule has 1 amide bonds. The summed E-state index contributed by atoms with van der Waals surface area (Å²) < 4.78 is 0. The van der Waals surface area contributed by atoms with Crippen molar-refractivity contribution in [3.05, 3.63) is 30.3 Å². The summed E-state index contributed by atoms with van der Waals surface area (Å²) in [6, 6.07) is 10.9. The summed E-state index contributed by atoms with van der Waals surface area (Å²) >= 11 is 0. The normalized spacial score (nSPS) is 30.2. The highest BCUT2D eigenvalue weighted by Crippen LogP contribution is 2.42. The molecule has 176 valence electrons. The van der Waals surface area contributed by atoms with Crippen LogP contribution in [0.2, 0.25) is 0 Å². The molecule has 3 N–H and O–H groups in total. The lowest BCUT2D eigenvalue weighted by Gasteiger charge is -2.37. The molecular weight excluding hydrogens is 396 g/mol. The maximum atomic E-state index is 13.4. The van der Waals surface area contributed by atoms with Gasteiger partial charge in [-0.05, 0) is 68.9 Å². The molecule has 4 rings (SSSR count). The van der Waals surface area contributed by atoms with Crippen LogP contribution < -0.4 is 11.1 Å². The maximum Gasteiger partial charge on any atom is 0.257 e. The summed E-state index contributed by atoms with van der Waals surface area (Å²) in [5.74, 6) is 2.45. The van der Waals surface area contributed by atoms with Gasteiger partial charge in [0.1, 0.15) is 5.54 Å². The molecule has 0 bridgehead atoms. The van der Waals surface area contributed by atoms with Crippen molar-refractivity contribution in [3.8, 4) is 0 Å². The minimum atomic E-state index is -0.626. The maximum absolute atomic E-state index is 13.4. The molecule has 0 radical (unpaired) electrons. The zero-order valence-corrected chi connectivity index (χ0v) is 20.1. The molecule has 1 heterocycles. The number of nitrogens with two attached hydrogens (primary N) is 1. The average Bonchev–Trinajstić information content (AvgIpc) is 3.03. The number of carbonyl (C=O) groups is 1. The fourth-order valence-corrected chi connectivity index (χ4v) is 6.44. The van der Waals surface area contributed by atoms with Crippen molar-refractivity contribution in [3.63, 3.8) is 0 Å². The first-order valence-corrected chi connectivity index (χ1v) is 12.9. The number of hydrogen-bond acceptors (Lipinski definition) is 4. The van der Waals surface area contributed by atoms with Gasteiger partial charge in [-0.3, -0.25) is 9.69 Å². The number of carbonyl (C=O) groups excluding carboxylic acids is 1. The fraction of sp³-hybridized carbons (Fsp3) is 0.704. The molecule has 5 nitrogen and oxygen atoms in total. The molecule has 0 saturated heterocycles. The van der Waals surface area contributed by atoms with Gasteiger partial charge in [0.15, 0.2) is 5.96 Å². The van der Waals surface area contributed by atoms with Crippen LogP contribution in [0.15, 0.2) is 35.3 Å². The first kappa shape index (κ1) is 23.1. The van der Waals surface area contributed by atoms with Crippen molar-refractivity contribution in [2.45, 2.75) is 95.6 Å². The minimum Gasteiger partial charge on any atom is -0.382 e. The lowest BCUT2D eigenvalue weighted by Crippen LogP contribution is -2.44. The molecule has 5 heteroatoms. The van der Waals surface area contributed by atoms with Gasteiger partial charge < -0.3 is 11.1 Å². The van der Waals surface area contributed by atoms with Gasteiger partial charge in [-0.25, -0.2) is 4.99 Å². The van der Waals surface area contributed by atoms with E-state index in [0.717, 1.165) is 25.2 Å². The van der Waals surface area contributed by atoms with E-state index in [1.807, 2.05) is 0 Å². The Labute approximate surface area is 194 Å². The Morgan fingerprint density at radius 2 is 1.81 bits per heavy atom. The lowest BCUT2D eigenvalue weighted by atomic mass is 9.71. The molecule has 2 aliphatic carbocycles. The quantitative estimate of drug-likeness (QED) is 0.557. The number of hydrogen-bond donors (Lipinski definition) is 2. The summed E-state index contributed by atoms with van der Waals surface area (Å²) in [5, 5.41) is 3.70. The summed E-state index contributed by atoms with van der Waals surface area (Å²) in [4.78, 5) is 19.8. The highest BCUT2D eigenvalue weighted by molar-refractivity contribution is 6.06. The number of para-hydroxylation sites is 1. The molecule has 1 aromatic rings. The second-order valence-corrected chi connectivity index (χ2v) is 10.7. The van der Waals surface area contributed by atoms with Gasteiger partial charge >= 0.3 is 0 Å².